The van der Waals surface area contributed by atoms with E-state index in [1.54, 1.807) is 31.4 Å². The topological polar surface area (TPSA) is 71.1 Å². The molecule has 7 heteroatoms. The van der Waals surface area contributed by atoms with Gasteiger partial charge < -0.3 is 18.9 Å². The summed E-state index contributed by atoms with van der Waals surface area (Å²) in [7, 11) is -1.29. The maximum absolute atomic E-state index is 11.1. The Morgan fingerprint density at radius 3 is 2.54 bits per heavy atom. The molecule has 140 valence electrons. The summed E-state index contributed by atoms with van der Waals surface area (Å²) in [5.74, 6) is 2.80. The fourth-order valence-electron chi connectivity index (χ4n) is 2.71. The van der Waals surface area contributed by atoms with Crippen LogP contribution in [0.4, 0.5) is 0 Å². The lowest BCUT2D eigenvalue weighted by molar-refractivity contribution is 0.0815. The number of methoxy groups -OCH3 is 1. The van der Waals surface area contributed by atoms with E-state index in [0.29, 0.717) is 42.6 Å². The van der Waals surface area contributed by atoms with E-state index in [9.17, 15) is 8.42 Å². The summed E-state index contributed by atoms with van der Waals surface area (Å²) < 4.78 is 44.7. The molecule has 0 spiro atoms. The Balaban J connectivity index is 1.59. The van der Waals surface area contributed by atoms with Gasteiger partial charge in [0.15, 0.2) is 11.5 Å². The van der Waals surface area contributed by atoms with Crippen molar-refractivity contribution >= 4 is 9.84 Å². The van der Waals surface area contributed by atoms with Gasteiger partial charge in [-0.1, -0.05) is 12.1 Å². The van der Waals surface area contributed by atoms with Crippen LogP contribution in [0.15, 0.2) is 42.5 Å². The van der Waals surface area contributed by atoms with Crippen LogP contribution in [0.3, 0.4) is 0 Å². The van der Waals surface area contributed by atoms with Gasteiger partial charge >= 0.3 is 0 Å². The van der Waals surface area contributed by atoms with E-state index in [-0.39, 0.29) is 11.9 Å². The highest BCUT2D eigenvalue weighted by atomic mass is 32.2. The highest BCUT2D eigenvalue weighted by Crippen LogP contribution is 2.43. The van der Waals surface area contributed by atoms with E-state index < -0.39 is 9.84 Å². The molecule has 2 aromatic carbocycles. The average Bonchev–Trinajstić information content (AvgIpc) is 3.03. The number of rotatable bonds is 8. The van der Waals surface area contributed by atoms with Crippen molar-refractivity contribution in [1.29, 1.82) is 0 Å². The van der Waals surface area contributed by atoms with E-state index in [1.807, 2.05) is 18.2 Å². The summed E-state index contributed by atoms with van der Waals surface area (Å²) in [4.78, 5) is 0. The van der Waals surface area contributed by atoms with Gasteiger partial charge in [0.1, 0.15) is 34.0 Å². The highest BCUT2D eigenvalue weighted by Gasteiger charge is 2.27. The number of para-hydroxylation sites is 1. The van der Waals surface area contributed by atoms with E-state index >= 15 is 0 Å². The minimum atomic E-state index is -2.95. The quantitative estimate of drug-likeness (QED) is 0.656. The van der Waals surface area contributed by atoms with E-state index in [1.165, 1.54) is 6.26 Å². The molecule has 2 aromatic rings. The second-order valence-corrected chi connectivity index (χ2v) is 8.37. The molecule has 0 N–H and O–H groups in total. The standard InChI is InChI=1S/C19H22O6S/c1-22-18-13-24-19-16(18)5-3-6-17(19)25-15-9-7-14(8-10-15)23-11-4-12-26(2,20)21/h3,5-10,18H,4,11-13H2,1-2H3/t18-/m1/s1. The first kappa shape index (κ1) is 18.5. The summed E-state index contributed by atoms with van der Waals surface area (Å²) in [5, 5.41) is 0. The lowest BCUT2D eigenvalue weighted by Crippen LogP contribution is -2.07. The zero-order valence-corrected chi connectivity index (χ0v) is 15.6. The summed E-state index contributed by atoms with van der Waals surface area (Å²) in [6.07, 6.45) is 1.61. The molecular formula is C19H22O6S. The Hall–Kier alpha value is -2.25. The molecule has 0 radical (unpaired) electrons. The molecule has 1 aliphatic heterocycles. The molecule has 3 rings (SSSR count). The summed E-state index contributed by atoms with van der Waals surface area (Å²) in [6, 6.07) is 12.9. The molecule has 0 amide bonds. The molecular weight excluding hydrogens is 356 g/mol. The van der Waals surface area contributed by atoms with Gasteiger partial charge in [-0.15, -0.1) is 0 Å². The third kappa shape index (κ3) is 4.68. The first-order valence-electron chi connectivity index (χ1n) is 8.33. The number of hydrogen-bond donors (Lipinski definition) is 0. The molecule has 0 bridgehead atoms. The van der Waals surface area contributed by atoms with Gasteiger partial charge in [-0.2, -0.15) is 0 Å². The zero-order valence-electron chi connectivity index (χ0n) is 14.8. The van der Waals surface area contributed by atoms with Crippen LogP contribution in [0.25, 0.3) is 0 Å². The van der Waals surface area contributed by atoms with Crippen LogP contribution in [0, 0.1) is 0 Å². The van der Waals surface area contributed by atoms with Crippen LogP contribution in [0.2, 0.25) is 0 Å². The van der Waals surface area contributed by atoms with Crippen LogP contribution in [0.1, 0.15) is 18.1 Å². The first-order valence-corrected chi connectivity index (χ1v) is 10.4. The normalized spacial score (nSPS) is 16.0. The second kappa shape index (κ2) is 7.97. The number of fused-ring (bicyclic) bond motifs is 1. The van der Waals surface area contributed by atoms with Crippen molar-refractivity contribution in [3.05, 3.63) is 48.0 Å². The van der Waals surface area contributed by atoms with Crippen molar-refractivity contribution in [2.45, 2.75) is 12.5 Å². The molecule has 1 atom stereocenters. The van der Waals surface area contributed by atoms with Crippen molar-refractivity contribution in [2.24, 2.45) is 0 Å². The monoisotopic (exact) mass is 378 g/mol. The summed E-state index contributed by atoms with van der Waals surface area (Å²) in [6.45, 7) is 0.832. The van der Waals surface area contributed by atoms with Gasteiger partial charge in [0.05, 0.1) is 12.4 Å². The van der Waals surface area contributed by atoms with Crippen LogP contribution in [0.5, 0.6) is 23.0 Å². The molecule has 6 nitrogen and oxygen atoms in total. The zero-order chi connectivity index (χ0) is 18.6. The van der Waals surface area contributed by atoms with Crippen molar-refractivity contribution in [3.63, 3.8) is 0 Å². The predicted octanol–water partition coefficient (Wildman–Crippen LogP) is 3.37. The maximum Gasteiger partial charge on any atom is 0.169 e. The molecule has 0 saturated heterocycles. The molecule has 1 aliphatic rings. The first-order chi connectivity index (χ1) is 12.5. The average molecular weight is 378 g/mol. The van der Waals surface area contributed by atoms with Gasteiger partial charge in [-0.05, 0) is 36.8 Å². The lowest BCUT2D eigenvalue weighted by atomic mass is 10.1. The number of benzene rings is 2. The van der Waals surface area contributed by atoms with E-state index in [4.69, 9.17) is 18.9 Å². The van der Waals surface area contributed by atoms with E-state index in [2.05, 4.69) is 0 Å². The smallest absolute Gasteiger partial charge is 0.169 e. The largest absolute Gasteiger partial charge is 0.494 e. The molecule has 0 saturated carbocycles. The van der Waals surface area contributed by atoms with Crippen molar-refractivity contribution < 1.29 is 27.4 Å². The van der Waals surface area contributed by atoms with Gasteiger partial charge in [-0.3, -0.25) is 0 Å². The van der Waals surface area contributed by atoms with Crippen LogP contribution in [-0.2, 0) is 14.6 Å². The Morgan fingerprint density at radius 2 is 1.85 bits per heavy atom. The van der Waals surface area contributed by atoms with Crippen molar-refractivity contribution in [2.75, 3.05) is 32.3 Å². The molecule has 26 heavy (non-hydrogen) atoms. The second-order valence-electron chi connectivity index (χ2n) is 6.12. The lowest BCUT2D eigenvalue weighted by Gasteiger charge is -2.11. The molecule has 0 aliphatic carbocycles. The minimum absolute atomic E-state index is 0.0729. The minimum Gasteiger partial charge on any atom is -0.494 e. The maximum atomic E-state index is 11.1. The van der Waals surface area contributed by atoms with Crippen LogP contribution >= 0.6 is 0 Å². The molecule has 0 aromatic heterocycles. The van der Waals surface area contributed by atoms with Crippen molar-refractivity contribution in [1.82, 2.24) is 0 Å². The number of sulfone groups is 1. The Bertz CT molecular complexity index is 845. The third-order valence-corrected chi connectivity index (χ3v) is 5.03. The molecule has 0 fully saturated rings. The number of hydrogen-bond acceptors (Lipinski definition) is 6. The van der Waals surface area contributed by atoms with Gasteiger partial charge in [0.2, 0.25) is 0 Å². The summed E-state index contributed by atoms with van der Waals surface area (Å²) >= 11 is 0. The van der Waals surface area contributed by atoms with Gasteiger partial charge in [0.25, 0.3) is 0 Å². The predicted molar refractivity (Wildman–Crippen MR) is 98.0 cm³/mol. The van der Waals surface area contributed by atoms with Crippen molar-refractivity contribution in [3.8, 4) is 23.0 Å². The van der Waals surface area contributed by atoms with Gasteiger partial charge in [0, 0.05) is 18.9 Å². The molecule has 1 heterocycles. The Labute approximate surface area is 153 Å². The van der Waals surface area contributed by atoms with Crippen LogP contribution < -0.4 is 14.2 Å². The van der Waals surface area contributed by atoms with Crippen LogP contribution in [-0.4, -0.2) is 40.7 Å². The highest BCUT2D eigenvalue weighted by molar-refractivity contribution is 7.90. The van der Waals surface area contributed by atoms with Gasteiger partial charge in [-0.25, -0.2) is 8.42 Å². The molecule has 0 unspecified atom stereocenters. The summed E-state index contributed by atoms with van der Waals surface area (Å²) in [5.41, 5.74) is 0.982. The fourth-order valence-corrected chi connectivity index (χ4v) is 3.35. The third-order valence-electron chi connectivity index (χ3n) is 4.00. The number of ether oxygens (including phenoxy) is 4. The fraction of sp³-hybridized carbons (Fsp3) is 0.368. The van der Waals surface area contributed by atoms with E-state index in [0.717, 1.165) is 5.56 Å². The SMILES string of the molecule is CO[C@@H]1COc2c(Oc3ccc(OCCCS(C)(=O)=O)cc3)cccc21. The Morgan fingerprint density at radius 1 is 1.12 bits per heavy atom. The Kier molecular flexibility index (Phi) is 5.68.